The molecule has 1 N–H and O–H groups in total. The number of nitrogens with zero attached hydrogens (tertiary/aromatic N) is 4. The van der Waals surface area contributed by atoms with E-state index in [1.54, 1.807) is 15.9 Å². The zero-order valence-electron chi connectivity index (χ0n) is 18.7. The van der Waals surface area contributed by atoms with Gasteiger partial charge in [0, 0.05) is 22.5 Å². The van der Waals surface area contributed by atoms with Crippen molar-refractivity contribution in [1.29, 1.82) is 0 Å². The Kier molecular flexibility index (Phi) is 5.38. The average molecular weight is 490 g/mol. The van der Waals surface area contributed by atoms with E-state index in [-0.39, 0.29) is 17.2 Å². The molecule has 0 saturated carbocycles. The second-order valence-corrected chi connectivity index (χ2v) is 10.4. The lowest BCUT2D eigenvalue weighted by Crippen LogP contribution is -2.23. The third kappa shape index (κ3) is 3.42. The van der Waals surface area contributed by atoms with Crippen molar-refractivity contribution in [2.45, 2.75) is 44.3 Å². The van der Waals surface area contributed by atoms with E-state index in [4.69, 9.17) is 0 Å². The van der Waals surface area contributed by atoms with Crippen LogP contribution in [0.25, 0.3) is 26.8 Å². The first kappa shape index (κ1) is 21.4. The number of amides is 1. The first-order valence-corrected chi connectivity index (χ1v) is 13.3. The summed E-state index contributed by atoms with van der Waals surface area (Å²) in [5.74, 6) is 0.626. The fourth-order valence-corrected chi connectivity index (χ4v) is 6.97. The van der Waals surface area contributed by atoms with Gasteiger partial charge in [-0.25, -0.2) is 4.40 Å². The molecule has 0 aliphatic heterocycles. The Balaban J connectivity index is 1.35. The van der Waals surface area contributed by atoms with Gasteiger partial charge in [0.15, 0.2) is 5.16 Å². The Hall–Kier alpha value is -3.17. The number of carbonyl (C=O) groups excluding carboxylic acids is 1. The van der Waals surface area contributed by atoms with Gasteiger partial charge >= 0.3 is 0 Å². The molecule has 9 heteroatoms. The summed E-state index contributed by atoms with van der Waals surface area (Å²) in [4.78, 5) is 28.4. The lowest BCUT2D eigenvalue weighted by Gasteiger charge is -2.11. The summed E-state index contributed by atoms with van der Waals surface area (Å²) in [5, 5.41) is 15.3. The van der Waals surface area contributed by atoms with E-state index in [1.807, 2.05) is 53.8 Å². The number of rotatable bonds is 5. The summed E-state index contributed by atoms with van der Waals surface area (Å²) in [6, 6.07) is 13.9. The minimum atomic E-state index is -0.108. The topological polar surface area (TPSA) is 81.3 Å². The predicted octanol–water partition coefficient (Wildman–Crippen LogP) is 4.89. The summed E-state index contributed by atoms with van der Waals surface area (Å²) in [6.07, 6.45) is 4.22. The van der Waals surface area contributed by atoms with E-state index in [0.29, 0.717) is 17.5 Å². The van der Waals surface area contributed by atoms with Gasteiger partial charge in [0.25, 0.3) is 5.56 Å². The molecule has 0 atom stereocenters. The van der Waals surface area contributed by atoms with E-state index in [2.05, 4.69) is 15.5 Å². The lowest BCUT2D eigenvalue weighted by molar-refractivity contribution is -0.113. The largest absolute Gasteiger partial charge is 0.325 e. The van der Waals surface area contributed by atoms with Gasteiger partial charge < -0.3 is 5.32 Å². The molecule has 0 spiro atoms. The van der Waals surface area contributed by atoms with Gasteiger partial charge in [-0.2, -0.15) is 0 Å². The molecular weight excluding hydrogens is 466 g/mol. The minimum Gasteiger partial charge on any atom is -0.325 e. The second-order valence-electron chi connectivity index (χ2n) is 8.42. The standard InChI is InChI=1S/C25H23N5O2S2/c1-2-29-22(32)21-17-11-5-6-13-19(17)34-23(21)30-24(29)27-28-25(30)33-14-20(31)26-18-12-7-9-15-8-3-4-10-16(15)18/h3-4,7-10,12H,2,5-6,11,13-14H2,1H3,(H,26,31). The number of hydrogen-bond donors (Lipinski definition) is 1. The zero-order valence-corrected chi connectivity index (χ0v) is 20.3. The molecular formula is C25H23N5O2S2. The molecule has 3 aromatic heterocycles. The van der Waals surface area contributed by atoms with Crippen LogP contribution in [0.3, 0.4) is 0 Å². The van der Waals surface area contributed by atoms with Gasteiger partial charge in [-0.05, 0) is 49.6 Å². The van der Waals surface area contributed by atoms with Gasteiger partial charge in [0.05, 0.1) is 11.1 Å². The number of thioether (sulfide) groups is 1. The molecule has 1 aliphatic rings. The monoisotopic (exact) mass is 489 g/mol. The number of benzene rings is 2. The normalized spacial score (nSPS) is 13.6. The van der Waals surface area contributed by atoms with Crippen molar-refractivity contribution >= 4 is 61.5 Å². The Labute approximate surface area is 203 Å². The highest BCUT2D eigenvalue weighted by atomic mass is 32.2. The number of fused-ring (bicyclic) bond motifs is 6. The van der Waals surface area contributed by atoms with Crippen LogP contribution in [0, 0.1) is 0 Å². The molecule has 1 amide bonds. The van der Waals surface area contributed by atoms with Gasteiger partial charge in [-0.3, -0.25) is 14.2 Å². The van der Waals surface area contributed by atoms with Crippen LogP contribution in [0.2, 0.25) is 0 Å². The van der Waals surface area contributed by atoms with E-state index < -0.39 is 0 Å². The number of thiophene rings is 1. The highest BCUT2D eigenvalue weighted by Crippen LogP contribution is 2.36. The SMILES string of the molecule is CCn1c(=O)c2c3c(sc2n2c(SCC(=O)Nc4cccc5ccccc45)nnc12)CCCC3. The summed E-state index contributed by atoms with van der Waals surface area (Å²) in [6.45, 7) is 2.47. The fraction of sp³-hybridized carbons (Fsp3) is 0.280. The quantitative estimate of drug-likeness (QED) is 0.356. The van der Waals surface area contributed by atoms with E-state index in [1.165, 1.54) is 22.2 Å². The van der Waals surface area contributed by atoms with Gasteiger partial charge in [-0.1, -0.05) is 48.2 Å². The van der Waals surface area contributed by atoms with Gasteiger partial charge in [0.1, 0.15) is 4.83 Å². The molecule has 2 aromatic carbocycles. The maximum absolute atomic E-state index is 13.3. The molecule has 0 fully saturated rings. The summed E-state index contributed by atoms with van der Waals surface area (Å²) >= 11 is 3.02. The van der Waals surface area contributed by atoms with Crippen molar-refractivity contribution in [3.05, 3.63) is 63.3 Å². The fourth-order valence-electron chi connectivity index (χ4n) is 4.80. The van der Waals surface area contributed by atoms with Crippen LogP contribution in [-0.4, -0.2) is 30.8 Å². The molecule has 34 heavy (non-hydrogen) atoms. The molecule has 6 rings (SSSR count). The summed E-state index contributed by atoms with van der Waals surface area (Å²) in [5.41, 5.74) is 2.00. The number of aryl methyl sites for hydroxylation is 3. The highest BCUT2D eigenvalue weighted by molar-refractivity contribution is 7.99. The van der Waals surface area contributed by atoms with E-state index in [9.17, 15) is 9.59 Å². The second kappa shape index (κ2) is 8.56. The summed E-state index contributed by atoms with van der Waals surface area (Å²) in [7, 11) is 0. The van der Waals surface area contributed by atoms with Crippen molar-refractivity contribution in [2.75, 3.05) is 11.1 Å². The third-order valence-electron chi connectivity index (χ3n) is 6.38. The highest BCUT2D eigenvalue weighted by Gasteiger charge is 2.24. The van der Waals surface area contributed by atoms with Crippen LogP contribution in [0.15, 0.2) is 52.4 Å². The van der Waals surface area contributed by atoms with Crippen LogP contribution in [0.4, 0.5) is 5.69 Å². The van der Waals surface area contributed by atoms with Crippen molar-refractivity contribution in [2.24, 2.45) is 0 Å². The lowest BCUT2D eigenvalue weighted by atomic mass is 9.97. The maximum atomic E-state index is 13.3. The average Bonchev–Trinajstić information content (AvgIpc) is 3.45. The van der Waals surface area contributed by atoms with Crippen LogP contribution >= 0.6 is 23.1 Å². The maximum Gasteiger partial charge on any atom is 0.263 e. The van der Waals surface area contributed by atoms with E-state index >= 15 is 0 Å². The Morgan fingerprint density at radius 2 is 1.94 bits per heavy atom. The molecule has 0 unspecified atom stereocenters. The molecule has 0 radical (unpaired) electrons. The Morgan fingerprint density at radius 1 is 1.12 bits per heavy atom. The molecule has 5 aromatic rings. The van der Waals surface area contributed by atoms with Gasteiger partial charge in [-0.15, -0.1) is 21.5 Å². The first-order chi connectivity index (χ1) is 16.7. The van der Waals surface area contributed by atoms with Crippen molar-refractivity contribution < 1.29 is 4.79 Å². The number of aromatic nitrogens is 4. The predicted molar refractivity (Wildman–Crippen MR) is 138 cm³/mol. The van der Waals surface area contributed by atoms with Crippen LogP contribution < -0.4 is 10.9 Å². The summed E-state index contributed by atoms with van der Waals surface area (Å²) < 4.78 is 3.66. The Bertz CT molecular complexity index is 1630. The van der Waals surface area contributed by atoms with Crippen LogP contribution in [0.5, 0.6) is 0 Å². The number of nitrogens with one attached hydrogen (secondary N) is 1. The van der Waals surface area contributed by atoms with E-state index in [0.717, 1.165) is 52.4 Å². The number of hydrogen-bond acceptors (Lipinski definition) is 6. The van der Waals surface area contributed by atoms with Crippen molar-refractivity contribution in [3.63, 3.8) is 0 Å². The molecule has 7 nitrogen and oxygen atoms in total. The number of anilines is 1. The zero-order chi connectivity index (χ0) is 23.2. The molecule has 0 bridgehead atoms. The van der Waals surface area contributed by atoms with Crippen molar-refractivity contribution in [3.8, 4) is 0 Å². The number of carbonyl (C=O) groups is 1. The van der Waals surface area contributed by atoms with Gasteiger partial charge in [0.2, 0.25) is 11.7 Å². The Morgan fingerprint density at radius 3 is 2.82 bits per heavy atom. The van der Waals surface area contributed by atoms with Crippen LogP contribution in [-0.2, 0) is 24.2 Å². The first-order valence-electron chi connectivity index (χ1n) is 11.5. The minimum absolute atomic E-state index is 0.0158. The smallest absolute Gasteiger partial charge is 0.263 e. The van der Waals surface area contributed by atoms with Crippen LogP contribution in [0.1, 0.15) is 30.2 Å². The van der Waals surface area contributed by atoms with Crippen molar-refractivity contribution in [1.82, 2.24) is 19.2 Å². The molecule has 1 aliphatic carbocycles. The molecule has 0 saturated heterocycles. The molecule has 172 valence electrons. The third-order valence-corrected chi connectivity index (χ3v) is 8.59. The molecule has 3 heterocycles.